The highest BCUT2D eigenvalue weighted by Crippen LogP contribution is 2.11. The van der Waals surface area contributed by atoms with Crippen molar-refractivity contribution in [2.75, 3.05) is 39.3 Å². The number of guanidine groups is 1. The van der Waals surface area contributed by atoms with Crippen LogP contribution in [0.2, 0.25) is 0 Å². The fourth-order valence-corrected chi connectivity index (χ4v) is 3.96. The van der Waals surface area contributed by atoms with Gasteiger partial charge in [-0.05, 0) is 36.7 Å². The molecule has 0 atom stereocenters. The van der Waals surface area contributed by atoms with E-state index in [4.69, 9.17) is 4.99 Å². The molecule has 1 aromatic carbocycles. The molecule has 0 spiro atoms. The predicted molar refractivity (Wildman–Crippen MR) is 144 cm³/mol. The normalized spacial score (nSPS) is 15.4. The zero-order chi connectivity index (χ0) is 22.2. The van der Waals surface area contributed by atoms with E-state index in [2.05, 4.69) is 68.7 Å². The third kappa shape index (κ3) is 7.12. The summed E-state index contributed by atoms with van der Waals surface area (Å²) in [6.45, 7) is 13.1. The van der Waals surface area contributed by atoms with Crippen molar-refractivity contribution in [3.63, 3.8) is 0 Å². The van der Waals surface area contributed by atoms with Crippen molar-refractivity contribution in [1.29, 1.82) is 0 Å². The average Bonchev–Trinajstić information content (AvgIpc) is 3.25. The molecule has 0 saturated carbocycles. The van der Waals surface area contributed by atoms with Crippen LogP contribution in [0.25, 0.3) is 5.65 Å². The lowest BCUT2D eigenvalue weighted by molar-refractivity contribution is 0.132. The summed E-state index contributed by atoms with van der Waals surface area (Å²) in [5.74, 6) is 1.63. The Labute approximate surface area is 213 Å². The second kappa shape index (κ2) is 12.9. The average molecular weight is 563 g/mol. The van der Waals surface area contributed by atoms with E-state index in [1.807, 2.05) is 28.8 Å². The first-order valence-electron chi connectivity index (χ1n) is 11.6. The number of nitrogens with one attached hydrogen (secondary N) is 2. The smallest absolute Gasteiger partial charge is 0.191 e. The lowest BCUT2D eigenvalue weighted by Gasteiger charge is -2.34. The van der Waals surface area contributed by atoms with Gasteiger partial charge in [-0.25, -0.2) is 4.99 Å². The van der Waals surface area contributed by atoms with Crippen LogP contribution in [-0.2, 0) is 19.6 Å². The van der Waals surface area contributed by atoms with Crippen molar-refractivity contribution >= 4 is 35.6 Å². The molecule has 0 amide bonds. The first kappa shape index (κ1) is 25.4. The maximum Gasteiger partial charge on any atom is 0.191 e. The van der Waals surface area contributed by atoms with Crippen molar-refractivity contribution in [3.05, 3.63) is 65.6 Å². The van der Waals surface area contributed by atoms with Gasteiger partial charge in [-0.3, -0.25) is 9.30 Å². The van der Waals surface area contributed by atoms with Crippen LogP contribution in [0.15, 0.2) is 53.7 Å². The minimum atomic E-state index is 0. The quantitative estimate of drug-likeness (QED) is 0.250. The molecule has 1 aliphatic heterocycles. The second-order valence-corrected chi connectivity index (χ2v) is 8.12. The van der Waals surface area contributed by atoms with Gasteiger partial charge in [-0.15, -0.1) is 34.2 Å². The Balaban J connectivity index is 0.00000306. The molecule has 0 bridgehead atoms. The molecule has 3 aromatic rings. The highest BCUT2D eigenvalue weighted by Gasteiger charge is 2.15. The highest BCUT2D eigenvalue weighted by atomic mass is 127. The maximum absolute atomic E-state index is 4.75. The fraction of sp³-hybridized carbons (Fsp3) is 0.458. The molecule has 1 aliphatic rings. The number of benzene rings is 1. The van der Waals surface area contributed by atoms with Crippen molar-refractivity contribution < 1.29 is 0 Å². The molecule has 2 N–H and O–H groups in total. The Hall–Kier alpha value is -2.24. The summed E-state index contributed by atoms with van der Waals surface area (Å²) in [6, 6.07) is 14.7. The molecule has 2 aromatic heterocycles. The monoisotopic (exact) mass is 562 g/mol. The van der Waals surface area contributed by atoms with E-state index in [9.17, 15) is 0 Å². The molecular weight excluding hydrogens is 527 g/mol. The van der Waals surface area contributed by atoms with Gasteiger partial charge in [0.15, 0.2) is 17.4 Å². The number of fused-ring (bicyclic) bond motifs is 1. The van der Waals surface area contributed by atoms with Gasteiger partial charge in [0.25, 0.3) is 0 Å². The van der Waals surface area contributed by atoms with Crippen molar-refractivity contribution in [2.45, 2.75) is 33.5 Å². The highest BCUT2D eigenvalue weighted by molar-refractivity contribution is 14.0. The van der Waals surface area contributed by atoms with Crippen molar-refractivity contribution in [3.8, 4) is 0 Å². The molecule has 178 valence electrons. The number of likely N-dealkylation sites (N-methyl/N-ethyl adjacent to an activating group) is 1. The van der Waals surface area contributed by atoms with Crippen LogP contribution >= 0.6 is 24.0 Å². The van der Waals surface area contributed by atoms with E-state index in [1.54, 1.807) is 0 Å². The van der Waals surface area contributed by atoms with Crippen LogP contribution in [0.1, 0.15) is 30.8 Å². The van der Waals surface area contributed by atoms with E-state index in [0.29, 0.717) is 13.1 Å². The number of hydrogen-bond acceptors (Lipinski definition) is 5. The molecule has 0 aliphatic carbocycles. The number of aromatic nitrogens is 3. The molecule has 0 radical (unpaired) electrons. The second-order valence-electron chi connectivity index (χ2n) is 8.12. The van der Waals surface area contributed by atoms with Crippen LogP contribution in [0.5, 0.6) is 0 Å². The van der Waals surface area contributed by atoms with Crippen LogP contribution in [0.4, 0.5) is 0 Å². The third-order valence-electron chi connectivity index (χ3n) is 5.90. The van der Waals surface area contributed by atoms with Gasteiger partial charge in [0, 0.05) is 45.5 Å². The van der Waals surface area contributed by atoms with Gasteiger partial charge in [0.05, 0.1) is 13.1 Å². The zero-order valence-electron chi connectivity index (χ0n) is 19.6. The van der Waals surface area contributed by atoms with Gasteiger partial charge in [0.2, 0.25) is 0 Å². The molecule has 3 heterocycles. The third-order valence-corrected chi connectivity index (χ3v) is 5.90. The first-order chi connectivity index (χ1) is 15.7. The predicted octanol–water partition coefficient (Wildman–Crippen LogP) is 2.74. The summed E-state index contributed by atoms with van der Waals surface area (Å²) in [6.07, 6.45) is 1.97. The number of hydrogen-bond donors (Lipinski definition) is 2. The van der Waals surface area contributed by atoms with Gasteiger partial charge >= 0.3 is 0 Å². The minimum Gasteiger partial charge on any atom is -0.357 e. The Morgan fingerprint density at radius 1 is 0.909 bits per heavy atom. The van der Waals surface area contributed by atoms with Crippen LogP contribution < -0.4 is 10.6 Å². The number of nitrogens with zero attached hydrogens (tertiary/aromatic N) is 6. The van der Waals surface area contributed by atoms with Crippen LogP contribution in [0.3, 0.4) is 0 Å². The molecule has 33 heavy (non-hydrogen) atoms. The van der Waals surface area contributed by atoms with Gasteiger partial charge in [-0.2, -0.15) is 0 Å². The topological polar surface area (TPSA) is 73.1 Å². The van der Waals surface area contributed by atoms with Crippen molar-refractivity contribution in [2.24, 2.45) is 4.99 Å². The summed E-state index contributed by atoms with van der Waals surface area (Å²) in [7, 11) is 0. The molecule has 0 unspecified atom stereocenters. The fourth-order valence-electron chi connectivity index (χ4n) is 3.96. The van der Waals surface area contributed by atoms with Crippen LogP contribution in [0, 0.1) is 0 Å². The molecular formula is C24H35IN8. The number of piperazine rings is 1. The minimum absolute atomic E-state index is 0. The Morgan fingerprint density at radius 3 is 2.36 bits per heavy atom. The van der Waals surface area contributed by atoms with Gasteiger partial charge in [-0.1, -0.05) is 37.3 Å². The van der Waals surface area contributed by atoms with Gasteiger partial charge < -0.3 is 15.5 Å². The molecule has 9 heteroatoms. The zero-order valence-corrected chi connectivity index (χ0v) is 21.9. The molecule has 8 nitrogen and oxygen atoms in total. The van der Waals surface area contributed by atoms with E-state index in [0.717, 1.165) is 50.2 Å². The number of rotatable bonds is 8. The SMILES string of the molecule is CCNC(=NCc1ccc(CN2CCN(CC)CC2)cc1)NCc1nnc2ccccn12.I. The van der Waals surface area contributed by atoms with Gasteiger partial charge in [0.1, 0.15) is 0 Å². The Morgan fingerprint density at radius 2 is 1.64 bits per heavy atom. The molecule has 4 rings (SSSR count). The number of halogens is 1. The molecule has 1 fully saturated rings. The Kier molecular flexibility index (Phi) is 9.89. The van der Waals surface area contributed by atoms with E-state index < -0.39 is 0 Å². The van der Waals surface area contributed by atoms with Crippen molar-refractivity contribution in [1.82, 2.24) is 35.0 Å². The lowest BCUT2D eigenvalue weighted by Crippen LogP contribution is -2.45. The largest absolute Gasteiger partial charge is 0.357 e. The molecule has 1 saturated heterocycles. The van der Waals surface area contributed by atoms with E-state index >= 15 is 0 Å². The Bertz CT molecular complexity index is 1010. The maximum atomic E-state index is 4.75. The first-order valence-corrected chi connectivity index (χ1v) is 11.6. The number of aliphatic imine (C=N–C) groups is 1. The van der Waals surface area contributed by atoms with E-state index in [1.165, 1.54) is 24.2 Å². The standard InChI is InChI=1S/C24H34N8.HI/c1-3-25-24(27-18-23-29-28-22-7-5-6-12-32(22)23)26-17-20-8-10-21(11-9-20)19-31-15-13-30(4-2)14-16-31;/h5-12H,3-4,13-19H2,1-2H3,(H2,25,26,27);1H. The summed E-state index contributed by atoms with van der Waals surface area (Å²) in [5.41, 5.74) is 3.42. The lowest BCUT2D eigenvalue weighted by atomic mass is 10.1. The summed E-state index contributed by atoms with van der Waals surface area (Å²) < 4.78 is 1.98. The summed E-state index contributed by atoms with van der Waals surface area (Å²) in [5, 5.41) is 15.1. The summed E-state index contributed by atoms with van der Waals surface area (Å²) >= 11 is 0. The van der Waals surface area contributed by atoms with E-state index in [-0.39, 0.29) is 24.0 Å². The van der Waals surface area contributed by atoms with Crippen LogP contribution in [-0.4, -0.2) is 69.6 Å². The number of pyridine rings is 1. The summed E-state index contributed by atoms with van der Waals surface area (Å²) in [4.78, 5) is 9.80.